The number of pyridine rings is 1. The molecule has 0 aliphatic carbocycles. The van der Waals surface area contributed by atoms with E-state index in [0.717, 1.165) is 12.2 Å². The monoisotopic (exact) mass is 274 g/mol. The Labute approximate surface area is 125 Å². The topological polar surface area (TPSA) is 24.9 Å². The van der Waals surface area contributed by atoms with Crippen molar-refractivity contribution < 1.29 is 0 Å². The lowest BCUT2D eigenvalue weighted by molar-refractivity contribution is 0.853. The normalized spacial score (nSPS) is 10.5. The van der Waals surface area contributed by atoms with Crippen LogP contribution in [-0.2, 0) is 0 Å². The van der Waals surface area contributed by atoms with Gasteiger partial charge in [-0.1, -0.05) is 60.7 Å². The molecule has 0 amide bonds. The van der Waals surface area contributed by atoms with E-state index in [0.29, 0.717) is 5.92 Å². The maximum atomic E-state index is 4.05. The van der Waals surface area contributed by atoms with Crippen LogP contribution in [0.4, 0.5) is 5.69 Å². The Hall–Kier alpha value is -2.61. The van der Waals surface area contributed by atoms with Crippen molar-refractivity contribution in [2.24, 2.45) is 0 Å². The van der Waals surface area contributed by atoms with Gasteiger partial charge in [-0.3, -0.25) is 4.98 Å². The van der Waals surface area contributed by atoms with Crippen LogP contribution in [0.25, 0.3) is 0 Å². The van der Waals surface area contributed by atoms with E-state index in [-0.39, 0.29) is 0 Å². The first kappa shape index (κ1) is 13.4. The number of benzene rings is 2. The van der Waals surface area contributed by atoms with Crippen LogP contribution in [0.2, 0.25) is 0 Å². The Kier molecular flexibility index (Phi) is 4.27. The van der Waals surface area contributed by atoms with E-state index >= 15 is 0 Å². The Balaban J connectivity index is 1.83. The predicted octanol–water partition coefficient (Wildman–Crippen LogP) is 4.33. The zero-order valence-electron chi connectivity index (χ0n) is 11.8. The van der Waals surface area contributed by atoms with Crippen molar-refractivity contribution in [3.63, 3.8) is 0 Å². The molecule has 0 atom stereocenters. The summed E-state index contributed by atoms with van der Waals surface area (Å²) in [6.07, 6.45) is 3.62. The zero-order chi connectivity index (χ0) is 14.3. The maximum absolute atomic E-state index is 4.05. The van der Waals surface area contributed by atoms with Crippen molar-refractivity contribution in [1.29, 1.82) is 0 Å². The minimum atomic E-state index is 0.334. The molecular weight excluding hydrogens is 256 g/mol. The predicted molar refractivity (Wildman–Crippen MR) is 87.5 cm³/mol. The molecule has 0 aliphatic heterocycles. The van der Waals surface area contributed by atoms with E-state index in [9.17, 15) is 0 Å². The minimum Gasteiger partial charge on any atom is -0.384 e. The number of hydrogen-bond donors (Lipinski definition) is 1. The molecule has 1 heterocycles. The Morgan fingerprint density at radius 2 is 1.24 bits per heavy atom. The standard InChI is InChI=1S/C19H18N2/c1-3-7-16(8-4-1)19(17-9-5-2-6-10-17)15-21-18-11-13-20-14-12-18/h1-14,19H,15H2,(H,20,21). The minimum absolute atomic E-state index is 0.334. The number of rotatable bonds is 5. The Morgan fingerprint density at radius 3 is 1.76 bits per heavy atom. The van der Waals surface area contributed by atoms with Crippen LogP contribution >= 0.6 is 0 Å². The first-order chi connectivity index (χ1) is 10.4. The highest BCUT2D eigenvalue weighted by molar-refractivity contribution is 5.43. The van der Waals surface area contributed by atoms with Gasteiger partial charge in [0.2, 0.25) is 0 Å². The van der Waals surface area contributed by atoms with Gasteiger partial charge in [0.05, 0.1) is 0 Å². The summed E-state index contributed by atoms with van der Waals surface area (Å²) in [5.74, 6) is 0.334. The van der Waals surface area contributed by atoms with Gasteiger partial charge in [-0.25, -0.2) is 0 Å². The molecule has 0 unspecified atom stereocenters. The third-order valence-corrected chi connectivity index (χ3v) is 3.59. The van der Waals surface area contributed by atoms with Gasteiger partial charge >= 0.3 is 0 Å². The van der Waals surface area contributed by atoms with E-state index < -0.39 is 0 Å². The quantitative estimate of drug-likeness (QED) is 0.749. The molecule has 0 spiro atoms. The van der Waals surface area contributed by atoms with Crippen LogP contribution in [0.3, 0.4) is 0 Å². The lowest BCUT2D eigenvalue weighted by Crippen LogP contribution is -2.14. The average molecular weight is 274 g/mol. The molecule has 2 aromatic carbocycles. The fourth-order valence-electron chi connectivity index (χ4n) is 2.49. The molecule has 0 aliphatic rings. The van der Waals surface area contributed by atoms with Gasteiger partial charge in [-0.15, -0.1) is 0 Å². The summed E-state index contributed by atoms with van der Waals surface area (Å²) in [5, 5.41) is 3.50. The fraction of sp³-hybridized carbons (Fsp3) is 0.105. The molecule has 3 aromatic rings. The van der Waals surface area contributed by atoms with Crippen LogP contribution in [-0.4, -0.2) is 11.5 Å². The molecule has 0 radical (unpaired) electrons. The molecule has 1 N–H and O–H groups in total. The van der Waals surface area contributed by atoms with Gasteiger partial charge in [0.15, 0.2) is 0 Å². The van der Waals surface area contributed by atoms with Crippen LogP contribution in [0, 0.1) is 0 Å². The van der Waals surface area contributed by atoms with Crippen LogP contribution in [0.1, 0.15) is 17.0 Å². The number of nitrogens with one attached hydrogen (secondary N) is 1. The van der Waals surface area contributed by atoms with Crippen molar-refractivity contribution >= 4 is 5.69 Å². The summed E-state index contributed by atoms with van der Waals surface area (Å²) in [4.78, 5) is 4.05. The number of nitrogens with zero attached hydrogens (tertiary/aromatic N) is 1. The molecule has 2 heteroatoms. The lowest BCUT2D eigenvalue weighted by Gasteiger charge is -2.19. The third kappa shape index (κ3) is 3.48. The summed E-state index contributed by atoms with van der Waals surface area (Å²) in [6.45, 7) is 0.859. The first-order valence-corrected chi connectivity index (χ1v) is 7.17. The summed E-state index contributed by atoms with van der Waals surface area (Å²) in [7, 11) is 0. The first-order valence-electron chi connectivity index (χ1n) is 7.17. The smallest absolute Gasteiger partial charge is 0.0371 e. The molecule has 3 rings (SSSR count). The highest BCUT2D eigenvalue weighted by Crippen LogP contribution is 2.24. The Morgan fingerprint density at radius 1 is 0.714 bits per heavy atom. The number of aromatic nitrogens is 1. The van der Waals surface area contributed by atoms with Crippen molar-refractivity contribution in [3.8, 4) is 0 Å². The van der Waals surface area contributed by atoms with Gasteiger partial charge in [0, 0.05) is 30.5 Å². The fourth-order valence-corrected chi connectivity index (χ4v) is 2.49. The van der Waals surface area contributed by atoms with Crippen LogP contribution in [0.5, 0.6) is 0 Å². The summed E-state index contributed by atoms with van der Waals surface area (Å²) < 4.78 is 0. The summed E-state index contributed by atoms with van der Waals surface area (Å²) in [5.41, 5.74) is 3.75. The van der Waals surface area contributed by atoms with Crippen LogP contribution < -0.4 is 5.32 Å². The second-order valence-corrected chi connectivity index (χ2v) is 4.99. The van der Waals surface area contributed by atoms with Crippen molar-refractivity contribution in [3.05, 3.63) is 96.3 Å². The maximum Gasteiger partial charge on any atom is 0.0371 e. The summed E-state index contributed by atoms with van der Waals surface area (Å²) in [6, 6.07) is 25.2. The average Bonchev–Trinajstić information content (AvgIpc) is 2.58. The molecule has 0 saturated carbocycles. The molecule has 0 saturated heterocycles. The molecule has 104 valence electrons. The zero-order valence-corrected chi connectivity index (χ0v) is 11.8. The van der Waals surface area contributed by atoms with E-state index in [4.69, 9.17) is 0 Å². The molecule has 21 heavy (non-hydrogen) atoms. The van der Waals surface area contributed by atoms with Crippen LogP contribution in [0.15, 0.2) is 85.2 Å². The lowest BCUT2D eigenvalue weighted by atomic mass is 9.91. The molecule has 0 bridgehead atoms. The van der Waals surface area contributed by atoms with Crippen molar-refractivity contribution in [1.82, 2.24) is 4.98 Å². The van der Waals surface area contributed by atoms with Gasteiger partial charge in [0.1, 0.15) is 0 Å². The molecule has 2 nitrogen and oxygen atoms in total. The van der Waals surface area contributed by atoms with Gasteiger partial charge in [0.25, 0.3) is 0 Å². The number of hydrogen-bond acceptors (Lipinski definition) is 2. The summed E-state index contributed by atoms with van der Waals surface area (Å²) >= 11 is 0. The van der Waals surface area contributed by atoms with Crippen molar-refractivity contribution in [2.45, 2.75) is 5.92 Å². The molecule has 0 fully saturated rings. The van der Waals surface area contributed by atoms with E-state index in [1.807, 2.05) is 24.5 Å². The number of anilines is 1. The van der Waals surface area contributed by atoms with Gasteiger partial charge in [-0.05, 0) is 23.3 Å². The van der Waals surface area contributed by atoms with E-state index in [2.05, 4.69) is 71.0 Å². The van der Waals surface area contributed by atoms with E-state index in [1.165, 1.54) is 11.1 Å². The second kappa shape index (κ2) is 6.71. The molecular formula is C19H18N2. The highest BCUT2D eigenvalue weighted by atomic mass is 14.9. The third-order valence-electron chi connectivity index (χ3n) is 3.59. The highest BCUT2D eigenvalue weighted by Gasteiger charge is 2.13. The van der Waals surface area contributed by atoms with Gasteiger partial charge < -0.3 is 5.32 Å². The van der Waals surface area contributed by atoms with Gasteiger partial charge in [-0.2, -0.15) is 0 Å². The second-order valence-electron chi connectivity index (χ2n) is 4.99. The SMILES string of the molecule is c1ccc(C(CNc2ccncc2)c2ccccc2)cc1. The van der Waals surface area contributed by atoms with Crippen molar-refractivity contribution in [2.75, 3.05) is 11.9 Å². The largest absolute Gasteiger partial charge is 0.384 e. The Bertz CT molecular complexity index is 611. The van der Waals surface area contributed by atoms with E-state index in [1.54, 1.807) is 0 Å². The molecule has 1 aromatic heterocycles.